The fourth-order valence-corrected chi connectivity index (χ4v) is 1.26. The highest BCUT2D eigenvalue weighted by Gasteiger charge is 2.14. The van der Waals surface area contributed by atoms with Crippen LogP contribution >= 0.6 is 0 Å². The van der Waals surface area contributed by atoms with Crippen LogP contribution in [0, 0.1) is 0 Å². The predicted molar refractivity (Wildman–Crippen MR) is 56.3 cm³/mol. The smallest absolute Gasteiger partial charge is 0.273 e. The molecular weight excluding hydrogens is 208 g/mol. The van der Waals surface area contributed by atoms with Crippen LogP contribution in [0.2, 0.25) is 0 Å². The molecule has 0 radical (unpaired) electrons. The first-order valence-electron chi connectivity index (χ1n) is 4.57. The van der Waals surface area contributed by atoms with Gasteiger partial charge in [-0.2, -0.15) is 0 Å². The molecule has 0 saturated carbocycles. The van der Waals surface area contributed by atoms with Crippen LogP contribution in [0.5, 0.6) is 0 Å². The molecule has 2 rings (SSSR count). The Labute approximate surface area is 91.1 Å². The number of rotatable bonds is 3. The number of hydrogen-bond acceptors (Lipinski definition) is 5. The number of carbonyl (C=O) groups is 1. The number of anilines is 1. The van der Waals surface area contributed by atoms with Crippen LogP contribution < -0.4 is 11.5 Å². The lowest BCUT2D eigenvalue weighted by Crippen LogP contribution is -2.15. The molecule has 0 bridgehead atoms. The molecule has 0 aliphatic heterocycles. The maximum atomic E-state index is 10.9. The van der Waals surface area contributed by atoms with E-state index in [-0.39, 0.29) is 11.5 Å². The predicted octanol–water partition coefficient (Wildman–Crippen LogP) is -0.598. The third-order valence-corrected chi connectivity index (χ3v) is 2.04. The van der Waals surface area contributed by atoms with Crippen molar-refractivity contribution in [2.75, 3.05) is 5.73 Å². The normalized spacial score (nSPS) is 10.2. The van der Waals surface area contributed by atoms with Gasteiger partial charge in [0.25, 0.3) is 5.91 Å². The highest BCUT2D eigenvalue weighted by atomic mass is 16.1. The Balaban J connectivity index is 2.26. The number of nitrogens with zero attached hydrogens (tertiary/aromatic N) is 4. The van der Waals surface area contributed by atoms with Gasteiger partial charge in [-0.1, -0.05) is 11.3 Å². The summed E-state index contributed by atoms with van der Waals surface area (Å²) in [5, 5.41) is 7.33. The van der Waals surface area contributed by atoms with E-state index in [0.29, 0.717) is 6.54 Å². The van der Waals surface area contributed by atoms with E-state index in [1.165, 1.54) is 4.68 Å². The van der Waals surface area contributed by atoms with E-state index in [4.69, 9.17) is 11.5 Å². The molecule has 0 saturated heterocycles. The van der Waals surface area contributed by atoms with E-state index >= 15 is 0 Å². The van der Waals surface area contributed by atoms with Crippen molar-refractivity contribution in [1.29, 1.82) is 0 Å². The fraction of sp³-hybridized carbons (Fsp3) is 0.111. The van der Waals surface area contributed by atoms with Gasteiger partial charge in [0, 0.05) is 6.20 Å². The number of pyridine rings is 1. The minimum atomic E-state index is -0.690. The molecule has 16 heavy (non-hydrogen) atoms. The van der Waals surface area contributed by atoms with Crippen LogP contribution in [0.25, 0.3) is 0 Å². The molecule has 7 heteroatoms. The minimum absolute atomic E-state index is 0.0177. The Morgan fingerprint density at radius 2 is 2.25 bits per heavy atom. The summed E-state index contributed by atoms with van der Waals surface area (Å²) in [6.07, 6.45) is 1.66. The van der Waals surface area contributed by atoms with Crippen LogP contribution in [-0.2, 0) is 6.54 Å². The fourth-order valence-electron chi connectivity index (χ4n) is 1.26. The molecule has 7 nitrogen and oxygen atoms in total. The third-order valence-electron chi connectivity index (χ3n) is 2.04. The summed E-state index contributed by atoms with van der Waals surface area (Å²) in [6.45, 7) is 0.354. The topological polar surface area (TPSA) is 113 Å². The second-order valence-electron chi connectivity index (χ2n) is 3.17. The van der Waals surface area contributed by atoms with Crippen molar-refractivity contribution in [2.24, 2.45) is 5.73 Å². The molecule has 0 fully saturated rings. The van der Waals surface area contributed by atoms with Gasteiger partial charge in [0.15, 0.2) is 11.5 Å². The Kier molecular flexibility index (Phi) is 2.50. The van der Waals surface area contributed by atoms with Crippen molar-refractivity contribution in [1.82, 2.24) is 20.0 Å². The number of primary amides is 1. The van der Waals surface area contributed by atoms with Gasteiger partial charge in [0.1, 0.15) is 0 Å². The summed E-state index contributed by atoms with van der Waals surface area (Å²) in [6, 6.07) is 5.48. The zero-order chi connectivity index (χ0) is 11.5. The van der Waals surface area contributed by atoms with Gasteiger partial charge in [-0.15, -0.1) is 5.10 Å². The summed E-state index contributed by atoms with van der Waals surface area (Å²) in [4.78, 5) is 15.0. The van der Waals surface area contributed by atoms with Crippen LogP contribution in [0.3, 0.4) is 0 Å². The molecule has 82 valence electrons. The molecule has 2 aromatic heterocycles. The summed E-state index contributed by atoms with van der Waals surface area (Å²) in [5.74, 6) is -0.539. The maximum absolute atomic E-state index is 10.9. The van der Waals surface area contributed by atoms with Crippen molar-refractivity contribution in [3.63, 3.8) is 0 Å². The lowest BCUT2D eigenvalue weighted by molar-refractivity contribution is 0.0996. The highest BCUT2D eigenvalue weighted by molar-refractivity contribution is 5.94. The van der Waals surface area contributed by atoms with Gasteiger partial charge < -0.3 is 11.5 Å². The molecule has 1 amide bonds. The number of nitrogen functional groups attached to an aromatic ring is 1. The SMILES string of the molecule is NC(=O)c1nnn(Cc2ccccn2)c1N. The molecule has 0 unspecified atom stereocenters. The first-order valence-corrected chi connectivity index (χ1v) is 4.57. The largest absolute Gasteiger partial charge is 0.382 e. The first-order chi connectivity index (χ1) is 7.68. The average molecular weight is 218 g/mol. The Morgan fingerprint density at radius 1 is 1.44 bits per heavy atom. The van der Waals surface area contributed by atoms with Crippen molar-refractivity contribution < 1.29 is 4.79 Å². The van der Waals surface area contributed by atoms with Crippen molar-refractivity contribution >= 4 is 11.7 Å². The summed E-state index contributed by atoms with van der Waals surface area (Å²) < 4.78 is 1.38. The van der Waals surface area contributed by atoms with Gasteiger partial charge >= 0.3 is 0 Å². The zero-order valence-corrected chi connectivity index (χ0v) is 8.37. The molecule has 0 aliphatic carbocycles. The molecule has 0 atom stereocenters. The van der Waals surface area contributed by atoms with E-state index in [1.54, 1.807) is 6.20 Å². The number of hydrogen-bond donors (Lipinski definition) is 2. The standard InChI is InChI=1S/C9H10N6O/c10-8-7(9(11)16)13-14-15(8)5-6-3-1-2-4-12-6/h1-4H,5,10H2,(H2,11,16). The second-order valence-corrected chi connectivity index (χ2v) is 3.17. The molecule has 2 heterocycles. The van der Waals surface area contributed by atoms with Gasteiger partial charge in [0.05, 0.1) is 12.2 Å². The van der Waals surface area contributed by atoms with Crippen LogP contribution in [0.15, 0.2) is 24.4 Å². The van der Waals surface area contributed by atoms with Gasteiger partial charge in [-0.25, -0.2) is 4.68 Å². The van der Waals surface area contributed by atoms with Gasteiger partial charge in [-0.3, -0.25) is 9.78 Å². The number of amides is 1. The van der Waals surface area contributed by atoms with E-state index in [0.717, 1.165) is 5.69 Å². The Bertz CT molecular complexity index is 506. The number of carbonyl (C=O) groups excluding carboxylic acids is 1. The lowest BCUT2D eigenvalue weighted by atomic mass is 10.3. The van der Waals surface area contributed by atoms with Gasteiger partial charge in [0.2, 0.25) is 0 Å². The highest BCUT2D eigenvalue weighted by Crippen LogP contribution is 2.08. The molecular formula is C9H10N6O. The average Bonchev–Trinajstić information content (AvgIpc) is 2.62. The number of aromatic nitrogens is 4. The van der Waals surface area contributed by atoms with Crippen LogP contribution in [0.1, 0.15) is 16.2 Å². The van der Waals surface area contributed by atoms with E-state index in [1.807, 2.05) is 18.2 Å². The Hall–Kier alpha value is -2.44. The second kappa shape index (κ2) is 3.97. The molecule has 4 N–H and O–H groups in total. The maximum Gasteiger partial charge on any atom is 0.273 e. The molecule has 0 aliphatic rings. The molecule has 0 spiro atoms. The van der Waals surface area contributed by atoms with Crippen LogP contribution in [0.4, 0.5) is 5.82 Å². The Morgan fingerprint density at radius 3 is 2.81 bits per heavy atom. The van der Waals surface area contributed by atoms with Crippen molar-refractivity contribution in [3.05, 3.63) is 35.8 Å². The summed E-state index contributed by atoms with van der Waals surface area (Å²) in [7, 11) is 0. The van der Waals surface area contributed by atoms with Crippen molar-refractivity contribution in [3.8, 4) is 0 Å². The third kappa shape index (κ3) is 1.83. The minimum Gasteiger partial charge on any atom is -0.382 e. The first kappa shape index (κ1) is 10.1. The number of nitrogens with two attached hydrogens (primary N) is 2. The zero-order valence-electron chi connectivity index (χ0n) is 8.37. The summed E-state index contributed by atoms with van der Waals surface area (Å²) >= 11 is 0. The van der Waals surface area contributed by atoms with E-state index in [2.05, 4.69) is 15.3 Å². The van der Waals surface area contributed by atoms with Crippen molar-refractivity contribution in [2.45, 2.75) is 6.54 Å². The van der Waals surface area contributed by atoms with Crippen LogP contribution in [-0.4, -0.2) is 25.9 Å². The lowest BCUT2D eigenvalue weighted by Gasteiger charge is -2.01. The monoisotopic (exact) mass is 218 g/mol. The molecule has 2 aromatic rings. The van der Waals surface area contributed by atoms with E-state index < -0.39 is 5.91 Å². The van der Waals surface area contributed by atoms with E-state index in [9.17, 15) is 4.79 Å². The molecule has 0 aromatic carbocycles. The quantitative estimate of drug-likeness (QED) is 0.714. The van der Waals surface area contributed by atoms with Gasteiger partial charge in [-0.05, 0) is 12.1 Å². The summed E-state index contributed by atoms with van der Waals surface area (Å²) in [5.41, 5.74) is 11.5.